The summed E-state index contributed by atoms with van der Waals surface area (Å²) in [6.45, 7) is 8.74. The number of carbonyl (C=O) groups is 2. The minimum absolute atomic E-state index is 0.00403. The monoisotopic (exact) mass is 480 g/mol. The smallest absolute Gasteiger partial charge is 0.243 e. The summed E-state index contributed by atoms with van der Waals surface area (Å²) in [6.07, 6.45) is 6.28. The van der Waals surface area contributed by atoms with E-state index in [1.54, 1.807) is 11.8 Å². The highest BCUT2D eigenvalue weighted by Gasteiger charge is 2.30. The van der Waals surface area contributed by atoms with Crippen molar-refractivity contribution in [3.63, 3.8) is 0 Å². The van der Waals surface area contributed by atoms with Crippen molar-refractivity contribution in [1.82, 2.24) is 10.2 Å². The van der Waals surface area contributed by atoms with E-state index in [1.165, 1.54) is 36.0 Å². The molecular weight excluding hydrogens is 440 g/mol. The van der Waals surface area contributed by atoms with Crippen LogP contribution in [0.3, 0.4) is 0 Å². The van der Waals surface area contributed by atoms with Gasteiger partial charge < -0.3 is 10.2 Å². The van der Waals surface area contributed by atoms with Crippen LogP contribution in [0, 0.1) is 20.8 Å². The third-order valence-electron chi connectivity index (χ3n) is 6.72. The van der Waals surface area contributed by atoms with E-state index in [4.69, 9.17) is 0 Å². The largest absolute Gasteiger partial charge is 0.352 e. The van der Waals surface area contributed by atoms with E-state index in [9.17, 15) is 9.59 Å². The maximum atomic E-state index is 13.5. The maximum Gasteiger partial charge on any atom is 0.243 e. The molecule has 2 amide bonds. The van der Waals surface area contributed by atoms with Crippen LogP contribution in [-0.4, -0.2) is 34.6 Å². The Bertz CT molecular complexity index is 948. The van der Waals surface area contributed by atoms with Crippen LogP contribution in [0.1, 0.15) is 73.3 Å². The van der Waals surface area contributed by atoms with Crippen LogP contribution >= 0.6 is 11.8 Å². The Hall–Kier alpha value is -2.27. The lowest BCUT2D eigenvalue weighted by molar-refractivity contribution is -0.139. The van der Waals surface area contributed by atoms with Gasteiger partial charge in [0.05, 0.1) is 5.75 Å². The molecule has 1 atom stereocenters. The van der Waals surface area contributed by atoms with E-state index < -0.39 is 6.04 Å². The Labute approximate surface area is 209 Å². The fourth-order valence-electron chi connectivity index (χ4n) is 4.93. The number of nitrogens with zero attached hydrogens (tertiary/aromatic N) is 1. The van der Waals surface area contributed by atoms with Crippen LogP contribution in [0.15, 0.2) is 42.5 Å². The van der Waals surface area contributed by atoms with Crippen LogP contribution in [0.25, 0.3) is 0 Å². The van der Waals surface area contributed by atoms with Gasteiger partial charge in [-0.25, -0.2) is 0 Å². The van der Waals surface area contributed by atoms with E-state index in [0.717, 1.165) is 29.7 Å². The summed E-state index contributed by atoms with van der Waals surface area (Å²) in [5, 5.41) is 3.26. The zero-order valence-corrected chi connectivity index (χ0v) is 22.0. The normalized spacial score (nSPS) is 15.1. The van der Waals surface area contributed by atoms with Gasteiger partial charge in [0.25, 0.3) is 0 Å². The molecule has 1 N–H and O–H groups in total. The van der Waals surface area contributed by atoms with E-state index in [1.807, 2.05) is 24.0 Å². The molecule has 0 bridgehead atoms. The number of amides is 2. The van der Waals surface area contributed by atoms with Gasteiger partial charge in [-0.05, 0) is 56.7 Å². The van der Waals surface area contributed by atoms with Gasteiger partial charge in [-0.2, -0.15) is 0 Å². The summed E-state index contributed by atoms with van der Waals surface area (Å²) >= 11 is 1.63. The molecule has 1 saturated carbocycles. The highest BCUT2D eigenvalue weighted by molar-refractivity contribution is 7.99. The first kappa shape index (κ1) is 26.3. The predicted octanol–water partition coefficient (Wildman–Crippen LogP) is 6.10. The number of rotatable bonds is 10. The third kappa shape index (κ3) is 7.63. The summed E-state index contributed by atoms with van der Waals surface area (Å²) in [4.78, 5) is 28.6. The summed E-state index contributed by atoms with van der Waals surface area (Å²) < 4.78 is 0. The molecule has 0 heterocycles. The highest BCUT2D eigenvalue weighted by Crippen LogP contribution is 2.21. The van der Waals surface area contributed by atoms with Gasteiger partial charge in [0, 0.05) is 18.3 Å². The molecule has 2 aromatic rings. The minimum Gasteiger partial charge on any atom is -0.352 e. The molecule has 1 fully saturated rings. The quantitative estimate of drug-likeness (QED) is 0.447. The van der Waals surface area contributed by atoms with E-state index >= 15 is 0 Å². The van der Waals surface area contributed by atoms with Gasteiger partial charge in [0.1, 0.15) is 6.04 Å². The Kier molecular flexibility index (Phi) is 10.1. The van der Waals surface area contributed by atoms with Crippen molar-refractivity contribution in [2.24, 2.45) is 0 Å². The number of benzene rings is 2. The average molecular weight is 481 g/mol. The topological polar surface area (TPSA) is 49.4 Å². The summed E-state index contributed by atoms with van der Waals surface area (Å²) in [5.41, 5.74) is 5.97. The standard InChI is InChI=1S/C29H40N2O2S/c1-5-27(29(33)30-26-13-7-6-8-14-26)31(18-25-12-10-9-11-23(25)4)28(32)20-34-19-24-16-21(2)15-22(3)17-24/h9-12,15-17,26-27H,5-8,13-14,18-20H2,1-4H3,(H,30,33)/t27-/m1/s1. The molecule has 34 heavy (non-hydrogen) atoms. The van der Waals surface area contributed by atoms with Crippen LogP contribution in [-0.2, 0) is 21.9 Å². The number of thioether (sulfide) groups is 1. The Morgan fingerprint density at radius 3 is 2.35 bits per heavy atom. The van der Waals surface area contributed by atoms with Crippen molar-refractivity contribution >= 4 is 23.6 Å². The van der Waals surface area contributed by atoms with Crippen molar-refractivity contribution in [2.75, 3.05) is 5.75 Å². The van der Waals surface area contributed by atoms with E-state index in [2.05, 4.69) is 56.4 Å². The summed E-state index contributed by atoms with van der Waals surface area (Å²) in [6, 6.07) is 14.5. The predicted molar refractivity (Wildman–Crippen MR) is 143 cm³/mol. The maximum absolute atomic E-state index is 13.5. The van der Waals surface area contributed by atoms with Crippen molar-refractivity contribution in [1.29, 1.82) is 0 Å². The number of carbonyl (C=O) groups excluding carboxylic acids is 2. The molecule has 4 nitrogen and oxygen atoms in total. The molecule has 0 saturated heterocycles. The van der Waals surface area contributed by atoms with E-state index in [-0.39, 0.29) is 17.9 Å². The Morgan fingerprint density at radius 1 is 1.03 bits per heavy atom. The molecule has 0 unspecified atom stereocenters. The first-order chi connectivity index (χ1) is 16.4. The van der Waals surface area contributed by atoms with Crippen molar-refractivity contribution in [3.05, 3.63) is 70.3 Å². The molecule has 0 aliphatic heterocycles. The minimum atomic E-state index is -0.448. The average Bonchev–Trinajstić information content (AvgIpc) is 2.80. The molecule has 2 aromatic carbocycles. The molecule has 0 aromatic heterocycles. The van der Waals surface area contributed by atoms with Gasteiger partial charge >= 0.3 is 0 Å². The number of nitrogens with one attached hydrogen (secondary N) is 1. The summed E-state index contributed by atoms with van der Waals surface area (Å²) in [7, 11) is 0. The number of hydrogen-bond donors (Lipinski definition) is 1. The lowest BCUT2D eigenvalue weighted by Gasteiger charge is -2.33. The summed E-state index contributed by atoms with van der Waals surface area (Å²) in [5.74, 6) is 1.18. The molecule has 0 radical (unpaired) electrons. The van der Waals surface area contributed by atoms with Crippen LogP contribution < -0.4 is 5.32 Å². The van der Waals surface area contributed by atoms with Crippen LogP contribution in [0.5, 0.6) is 0 Å². The third-order valence-corrected chi connectivity index (χ3v) is 7.70. The van der Waals surface area contributed by atoms with E-state index in [0.29, 0.717) is 18.7 Å². The van der Waals surface area contributed by atoms with Crippen molar-refractivity contribution in [3.8, 4) is 0 Å². The molecule has 0 spiro atoms. The molecular formula is C29H40N2O2S. The fraction of sp³-hybridized carbons (Fsp3) is 0.517. The lowest BCUT2D eigenvalue weighted by Crippen LogP contribution is -2.52. The molecule has 3 rings (SSSR count). The molecule has 184 valence electrons. The van der Waals surface area contributed by atoms with Crippen LogP contribution in [0.4, 0.5) is 0 Å². The Morgan fingerprint density at radius 2 is 1.71 bits per heavy atom. The highest BCUT2D eigenvalue weighted by atomic mass is 32.2. The van der Waals surface area contributed by atoms with Gasteiger partial charge in [-0.3, -0.25) is 9.59 Å². The molecule has 1 aliphatic carbocycles. The Balaban J connectivity index is 1.72. The first-order valence-corrected chi connectivity index (χ1v) is 13.8. The fourth-order valence-corrected chi connectivity index (χ4v) is 5.77. The second-order valence-corrected chi connectivity index (χ2v) is 10.7. The second kappa shape index (κ2) is 13.0. The van der Waals surface area contributed by atoms with Gasteiger partial charge in [-0.1, -0.05) is 79.8 Å². The zero-order chi connectivity index (χ0) is 24.5. The molecule has 5 heteroatoms. The van der Waals surface area contributed by atoms with Gasteiger partial charge in [-0.15, -0.1) is 11.8 Å². The van der Waals surface area contributed by atoms with Crippen molar-refractivity contribution in [2.45, 2.75) is 90.6 Å². The van der Waals surface area contributed by atoms with Crippen LogP contribution in [0.2, 0.25) is 0 Å². The number of aryl methyl sites for hydroxylation is 3. The van der Waals surface area contributed by atoms with Gasteiger partial charge in [0.15, 0.2) is 0 Å². The lowest BCUT2D eigenvalue weighted by atomic mass is 9.95. The zero-order valence-electron chi connectivity index (χ0n) is 21.2. The SMILES string of the molecule is CC[C@H](C(=O)NC1CCCCC1)N(Cc1ccccc1C)C(=O)CSCc1cc(C)cc(C)c1. The van der Waals surface area contributed by atoms with Crippen molar-refractivity contribution < 1.29 is 9.59 Å². The molecule has 1 aliphatic rings. The first-order valence-electron chi connectivity index (χ1n) is 12.7. The number of hydrogen-bond acceptors (Lipinski definition) is 3. The second-order valence-electron chi connectivity index (χ2n) is 9.70. The van der Waals surface area contributed by atoms with Gasteiger partial charge in [0.2, 0.25) is 11.8 Å².